The summed E-state index contributed by atoms with van der Waals surface area (Å²) < 4.78 is 0. The lowest BCUT2D eigenvalue weighted by Crippen LogP contribution is -2.30. The highest BCUT2D eigenvalue weighted by molar-refractivity contribution is 5.25. The van der Waals surface area contributed by atoms with E-state index in [1.165, 1.54) is 19.3 Å². The molecule has 0 bridgehead atoms. The van der Waals surface area contributed by atoms with Gasteiger partial charge in [0.1, 0.15) is 11.8 Å². The summed E-state index contributed by atoms with van der Waals surface area (Å²) in [5.41, 5.74) is 1.64. The van der Waals surface area contributed by atoms with Gasteiger partial charge in [0.15, 0.2) is 0 Å². The Hall–Kier alpha value is -1.40. The lowest BCUT2D eigenvalue weighted by atomic mass is 10.1. The quantitative estimate of drug-likeness (QED) is 0.841. The van der Waals surface area contributed by atoms with Crippen molar-refractivity contribution in [2.45, 2.75) is 38.8 Å². The van der Waals surface area contributed by atoms with Gasteiger partial charge in [0.05, 0.1) is 0 Å². The first-order chi connectivity index (χ1) is 7.79. The fourth-order valence-electron chi connectivity index (χ4n) is 2.34. The van der Waals surface area contributed by atoms with Gasteiger partial charge in [0.2, 0.25) is 0 Å². The molecule has 1 aliphatic carbocycles. The first-order valence-corrected chi connectivity index (χ1v) is 5.88. The second kappa shape index (κ2) is 5.09. The molecule has 2 rings (SSSR count). The van der Waals surface area contributed by atoms with Crippen LogP contribution in [0.25, 0.3) is 0 Å². The van der Waals surface area contributed by atoms with Crippen LogP contribution in [-0.2, 0) is 6.54 Å². The number of hydrogen-bond donors (Lipinski definition) is 1. The highest BCUT2D eigenvalue weighted by atomic mass is 14.9. The van der Waals surface area contributed by atoms with Crippen molar-refractivity contribution in [3.63, 3.8) is 0 Å². The van der Waals surface area contributed by atoms with Gasteiger partial charge in [-0.25, -0.2) is 4.98 Å². The number of rotatable bonds is 3. The molecule has 1 aliphatic rings. The minimum Gasteiger partial charge on any atom is -0.310 e. The van der Waals surface area contributed by atoms with E-state index in [1.807, 2.05) is 12.1 Å². The number of nitrogens with zero attached hydrogens (tertiary/aromatic N) is 2. The van der Waals surface area contributed by atoms with Crippen molar-refractivity contribution in [3.05, 3.63) is 29.6 Å². The van der Waals surface area contributed by atoms with E-state index >= 15 is 0 Å². The smallest absolute Gasteiger partial charge is 0.140 e. The topological polar surface area (TPSA) is 48.7 Å². The van der Waals surface area contributed by atoms with Gasteiger partial charge >= 0.3 is 0 Å². The Morgan fingerprint density at radius 3 is 3.12 bits per heavy atom. The van der Waals surface area contributed by atoms with Gasteiger partial charge in [-0.05, 0) is 36.5 Å². The van der Waals surface area contributed by atoms with Crippen molar-refractivity contribution >= 4 is 0 Å². The molecule has 0 amide bonds. The third kappa shape index (κ3) is 2.59. The number of hydrogen-bond acceptors (Lipinski definition) is 3. The third-order valence-corrected chi connectivity index (χ3v) is 3.37. The molecule has 0 saturated heterocycles. The van der Waals surface area contributed by atoms with Crippen LogP contribution >= 0.6 is 0 Å². The average Bonchev–Trinajstić information content (AvgIpc) is 2.72. The van der Waals surface area contributed by atoms with Crippen molar-refractivity contribution in [1.82, 2.24) is 10.3 Å². The van der Waals surface area contributed by atoms with Crippen molar-refractivity contribution in [1.29, 1.82) is 5.26 Å². The minimum atomic E-state index is 0.499. The summed E-state index contributed by atoms with van der Waals surface area (Å²) in [7, 11) is 0. The van der Waals surface area contributed by atoms with Crippen molar-refractivity contribution in [3.8, 4) is 6.07 Å². The van der Waals surface area contributed by atoms with Gasteiger partial charge in [0.25, 0.3) is 0 Å². The number of nitriles is 1. The van der Waals surface area contributed by atoms with Gasteiger partial charge < -0.3 is 5.32 Å². The van der Waals surface area contributed by atoms with Crippen LogP contribution in [0.3, 0.4) is 0 Å². The molecule has 84 valence electrons. The zero-order valence-corrected chi connectivity index (χ0v) is 9.61. The van der Waals surface area contributed by atoms with Crippen LogP contribution in [0.4, 0.5) is 0 Å². The molecular weight excluding hydrogens is 198 g/mol. The van der Waals surface area contributed by atoms with E-state index in [9.17, 15) is 0 Å². The van der Waals surface area contributed by atoms with Gasteiger partial charge in [-0.3, -0.25) is 0 Å². The summed E-state index contributed by atoms with van der Waals surface area (Å²) in [6.45, 7) is 3.14. The maximum atomic E-state index is 8.75. The molecule has 1 saturated carbocycles. The molecule has 1 aromatic rings. The third-order valence-electron chi connectivity index (χ3n) is 3.37. The normalized spacial score (nSPS) is 24.2. The van der Waals surface area contributed by atoms with Crippen LogP contribution < -0.4 is 5.32 Å². The van der Waals surface area contributed by atoms with E-state index in [2.05, 4.69) is 23.3 Å². The number of nitrogens with one attached hydrogen (secondary N) is 1. The molecule has 2 unspecified atom stereocenters. The summed E-state index contributed by atoms with van der Waals surface area (Å²) >= 11 is 0. The fourth-order valence-corrected chi connectivity index (χ4v) is 2.34. The molecule has 0 radical (unpaired) electrons. The number of aromatic nitrogens is 1. The summed E-state index contributed by atoms with van der Waals surface area (Å²) in [5, 5.41) is 12.3. The molecule has 1 fully saturated rings. The van der Waals surface area contributed by atoms with Crippen LogP contribution in [0.1, 0.15) is 37.4 Å². The predicted octanol–water partition coefficient (Wildman–Crippen LogP) is 2.23. The molecule has 1 heterocycles. The predicted molar refractivity (Wildman–Crippen MR) is 62.6 cm³/mol. The molecule has 3 heteroatoms. The first-order valence-electron chi connectivity index (χ1n) is 5.88. The lowest BCUT2D eigenvalue weighted by Gasteiger charge is -2.17. The molecular formula is C13H17N3. The van der Waals surface area contributed by atoms with Crippen LogP contribution in [-0.4, -0.2) is 11.0 Å². The summed E-state index contributed by atoms with van der Waals surface area (Å²) in [4.78, 5) is 3.96. The highest BCUT2D eigenvalue weighted by Gasteiger charge is 2.22. The van der Waals surface area contributed by atoms with E-state index < -0.39 is 0 Å². The Bertz CT molecular complexity index is 394. The average molecular weight is 215 g/mol. The molecule has 3 nitrogen and oxygen atoms in total. The van der Waals surface area contributed by atoms with Gasteiger partial charge in [0, 0.05) is 18.8 Å². The Kier molecular flexibility index (Phi) is 3.53. The van der Waals surface area contributed by atoms with Crippen LogP contribution in [0.2, 0.25) is 0 Å². The highest BCUT2D eigenvalue weighted by Crippen LogP contribution is 2.24. The Labute approximate surface area is 96.5 Å². The Morgan fingerprint density at radius 1 is 1.56 bits per heavy atom. The summed E-state index contributed by atoms with van der Waals surface area (Å²) in [5.74, 6) is 0.775. The second-order valence-electron chi connectivity index (χ2n) is 4.56. The van der Waals surface area contributed by atoms with E-state index in [-0.39, 0.29) is 0 Å². The van der Waals surface area contributed by atoms with Gasteiger partial charge in [-0.2, -0.15) is 5.26 Å². The lowest BCUT2D eigenvalue weighted by molar-refractivity contribution is 0.426. The minimum absolute atomic E-state index is 0.499. The molecule has 2 atom stereocenters. The fraction of sp³-hybridized carbons (Fsp3) is 0.538. The molecule has 0 aliphatic heterocycles. The molecule has 0 spiro atoms. The second-order valence-corrected chi connectivity index (χ2v) is 4.56. The maximum absolute atomic E-state index is 8.75. The maximum Gasteiger partial charge on any atom is 0.140 e. The van der Waals surface area contributed by atoms with Crippen LogP contribution in [0.15, 0.2) is 18.3 Å². The van der Waals surface area contributed by atoms with Crippen molar-refractivity contribution in [2.24, 2.45) is 5.92 Å². The van der Waals surface area contributed by atoms with Gasteiger partial charge in [-0.15, -0.1) is 0 Å². The molecule has 1 aromatic heterocycles. The zero-order chi connectivity index (χ0) is 11.4. The first kappa shape index (κ1) is 11.1. The SMILES string of the molecule is CC1CCCC1NCc1ccnc(C#N)c1. The van der Waals surface area contributed by atoms with Crippen molar-refractivity contribution < 1.29 is 0 Å². The van der Waals surface area contributed by atoms with Crippen LogP contribution in [0.5, 0.6) is 0 Å². The number of pyridine rings is 1. The Balaban J connectivity index is 1.92. The van der Waals surface area contributed by atoms with E-state index in [0.29, 0.717) is 11.7 Å². The standard InChI is InChI=1S/C13H17N3/c1-10-3-2-4-13(10)16-9-11-5-6-15-12(7-11)8-14/h5-7,10,13,16H,2-4,9H2,1H3. The Morgan fingerprint density at radius 2 is 2.44 bits per heavy atom. The van der Waals surface area contributed by atoms with Crippen LogP contribution in [0, 0.1) is 17.2 Å². The van der Waals surface area contributed by atoms with E-state index in [4.69, 9.17) is 5.26 Å². The van der Waals surface area contributed by atoms with E-state index in [1.54, 1.807) is 6.20 Å². The van der Waals surface area contributed by atoms with Gasteiger partial charge in [-0.1, -0.05) is 13.3 Å². The van der Waals surface area contributed by atoms with Crippen molar-refractivity contribution in [2.75, 3.05) is 0 Å². The van der Waals surface area contributed by atoms with E-state index in [0.717, 1.165) is 18.0 Å². The zero-order valence-electron chi connectivity index (χ0n) is 9.61. The summed E-state index contributed by atoms with van der Waals surface area (Å²) in [6, 6.07) is 6.52. The monoisotopic (exact) mass is 215 g/mol. The molecule has 16 heavy (non-hydrogen) atoms. The largest absolute Gasteiger partial charge is 0.310 e. The summed E-state index contributed by atoms with van der Waals surface area (Å²) in [6.07, 6.45) is 5.64. The molecule has 0 aromatic carbocycles. The molecule has 1 N–H and O–H groups in total.